The van der Waals surface area contributed by atoms with Gasteiger partial charge in [-0.1, -0.05) is 25.3 Å². The van der Waals surface area contributed by atoms with Crippen LogP contribution in [0.4, 0.5) is 30.6 Å². The lowest BCUT2D eigenvalue weighted by atomic mass is 9.93. The van der Waals surface area contributed by atoms with Crippen molar-refractivity contribution in [3.05, 3.63) is 53.6 Å². The van der Waals surface area contributed by atoms with Crippen molar-refractivity contribution in [1.82, 2.24) is 5.01 Å². The normalized spacial score (nSPS) is 18.6. The fourth-order valence-corrected chi connectivity index (χ4v) is 4.09. The van der Waals surface area contributed by atoms with Crippen molar-refractivity contribution in [2.75, 3.05) is 15.6 Å². The van der Waals surface area contributed by atoms with Gasteiger partial charge < -0.3 is 15.9 Å². The van der Waals surface area contributed by atoms with Gasteiger partial charge in [0.1, 0.15) is 5.69 Å². The van der Waals surface area contributed by atoms with Crippen molar-refractivity contribution in [3.8, 4) is 0 Å². The third kappa shape index (κ3) is 4.16. The number of rotatable bonds is 4. The molecule has 4 N–H and O–H groups in total. The molecule has 2 aromatic carbocycles. The maximum absolute atomic E-state index is 14.2. The number of urea groups is 1. The molecular weight excluding hydrogens is 438 g/mol. The van der Waals surface area contributed by atoms with Gasteiger partial charge in [-0.25, -0.2) is 18.4 Å². The summed E-state index contributed by atoms with van der Waals surface area (Å²) in [6, 6.07) is 6.16. The molecule has 2 amide bonds. The molecule has 33 heavy (non-hydrogen) atoms. The summed E-state index contributed by atoms with van der Waals surface area (Å²) in [5.41, 5.74) is 5.19. The van der Waals surface area contributed by atoms with E-state index in [2.05, 4.69) is 10.4 Å². The highest BCUT2D eigenvalue weighted by atomic mass is 19.1. The number of nitrogens with zero attached hydrogens (tertiary/aromatic N) is 5. The number of para-hydroxylation sites is 1. The first-order valence-corrected chi connectivity index (χ1v) is 10.4. The van der Waals surface area contributed by atoms with E-state index in [0.717, 1.165) is 37.5 Å². The molecule has 2 aliphatic rings. The smallest absolute Gasteiger partial charge is 0.350 e. The fraction of sp³-hybridized carbons (Fsp3) is 0.333. The second-order valence-corrected chi connectivity index (χ2v) is 7.81. The molecule has 174 valence electrons. The summed E-state index contributed by atoms with van der Waals surface area (Å²) < 4.78 is 28.4. The van der Waals surface area contributed by atoms with E-state index >= 15 is 0 Å². The average Bonchev–Trinajstić information content (AvgIpc) is 3.16. The Kier molecular flexibility index (Phi) is 6.09. The van der Waals surface area contributed by atoms with Crippen molar-refractivity contribution in [2.45, 2.75) is 44.5 Å². The zero-order chi connectivity index (χ0) is 23.7. The van der Waals surface area contributed by atoms with Gasteiger partial charge in [0.15, 0.2) is 11.6 Å². The van der Waals surface area contributed by atoms with Crippen molar-refractivity contribution in [2.24, 2.45) is 10.4 Å². The number of nitrogen functional groups attached to an aromatic ring is 1. The number of hydrogen-bond donors (Lipinski definition) is 3. The minimum Gasteiger partial charge on any atom is -0.478 e. The molecule has 2 aromatic rings. The number of carbonyl (C=O) groups excluding carboxylic acids is 1. The van der Waals surface area contributed by atoms with Crippen LogP contribution in [0.2, 0.25) is 0 Å². The molecule has 1 heterocycles. The summed E-state index contributed by atoms with van der Waals surface area (Å²) in [5.74, 6) is -3.24. The van der Waals surface area contributed by atoms with Crippen LogP contribution >= 0.6 is 0 Å². The molecule has 12 heteroatoms. The first-order valence-electron chi connectivity index (χ1n) is 10.4. The molecule has 0 bridgehead atoms. The number of benzene rings is 2. The molecule has 10 nitrogen and oxygen atoms in total. The van der Waals surface area contributed by atoms with E-state index in [4.69, 9.17) is 5.73 Å². The molecule has 1 unspecified atom stereocenters. The number of anilines is 3. The van der Waals surface area contributed by atoms with E-state index in [9.17, 15) is 28.6 Å². The lowest BCUT2D eigenvalue weighted by Gasteiger charge is -2.36. The second-order valence-electron chi connectivity index (χ2n) is 7.81. The van der Waals surface area contributed by atoms with E-state index in [-0.39, 0.29) is 23.0 Å². The lowest BCUT2D eigenvalue weighted by Crippen LogP contribution is -2.52. The summed E-state index contributed by atoms with van der Waals surface area (Å²) in [7, 11) is 0. The van der Waals surface area contributed by atoms with Crippen LogP contribution in [0.1, 0.15) is 42.5 Å². The van der Waals surface area contributed by atoms with E-state index in [1.54, 1.807) is 0 Å². The number of halogens is 2. The van der Waals surface area contributed by atoms with Gasteiger partial charge >= 0.3 is 12.0 Å². The third-order valence-corrected chi connectivity index (χ3v) is 5.72. The first kappa shape index (κ1) is 22.4. The van der Waals surface area contributed by atoms with Gasteiger partial charge in [0.25, 0.3) is 6.35 Å². The number of aliphatic hydroxyl groups excluding tert-OH is 1. The van der Waals surface area contributed by atoms with Gasteiger partial charge in [0, 0.05) is 17.4 Å². The number of nitrogens with two attached hydrogens (primary N) is 1. The van der Waals surface area contributed by atoms with Crippen molar-refractivity contribution in [3.63, 3.8) is 0 Å². The van der Waals surface area contributed by atoms with Crippen LogP contribution in [0.3, 0.4) is 0 Å². The van der Waals surface area contributed by atoms with E-state index in [0.29, 0.717) is 22.9 Å². The molecule has 0 aromatic heterocycles. The van der Waals surface area contributed by atoms with Crippen molar-refractivity contribution < 1.29 is 28.6 Å². The number of hydrogen-bond acceptors (Lipinski definition) is 7. The Labute approximate surface area is 187 Å². The Morgan fingerprint density at radius 2 is 1.73 bits per heavy atom. The van der Waals surface area contributed by atoms with Crippen molar-refractivity contribution in [1.29, 1.82) is 0 Å². The molecule has 0 radical (unpaired) electrons. The topological polar surface area (TPSA) is 135 Å². The van der Waals surface area contributed by atoms with Crippen LogP contribution in [-0.2, 0) is 0 Å². The van der Waals surface area contributed by atoms with Gasteiger partial charge in [0.2, 0.25) is 0 Å². The standard InChI is InChI=1S/C21H22F2N6O4/c22-15-7-4-8-16(23)18(15)28-21(33)29(26-25-28)20(32)27(12-5-2-1-3-6-12)13-9-10-17(24)14(11-13)19(30)31/h4,7-12,21,33H,1-3,5-6,24H2,(H,30,31). The van der Waals surface area contributed by atoms with E-state index < -0.39 is 35.7 Å². The largest absolute Gasteiger partial charge is 0.478 e. The number of carbonyl (C=O) groups is 2. The fourth-order valence-electron chi connectivity index (χ4n) is 4.09. The Hall–Kier alpha value is -3.80. The summed E-state index contributed by atoms with van der Waals surface area (Å²) in [6.07, 6.45) is 2.07. The maximum atomic E-state index is 14.2. The van der Waals surface area contributed by atoms with Crippen LogP contribution in [0.25, 0.3) is 0 Å². The molecule has 1 fully saturated rings. The second kappa shape index (κ2) is 8.98. The zero-order valence-electron chi connectivity index (χ0n) is 17.4. The minimum absolute atomic E-state index is 0.0318. The third-order valence-electron chi connectivity index (χ3n) is 5.72. The number of carboxylic acid groups (broad SMARTS) is 1. The van der Waals surface area contributed by atoms with Gasteiger partial charge in [0.05, 0.1) is 5.56 Å². The highest BCUT2D eigenvalue weighted by Crippen LogP contribution is 2.34. The molecule has 1 aliphatic heterocycles. The molecular formula is C21H22F2N6O4. The van der Waals surface area contributed by atoms with Gasteiger partial charge in [-0.2, -0.15) is 5.01 Å². The quantitative estimate of drug-likeness (QED) is 0.593. The molecule has 0 spiro atoms. The van der Waals surface area contributed by atoms with Gasteiger partial charge in [-0.3, -0.25) is 4.90 Å². The minimum atomic E-state index is -1.91. The van der Waals surface area contributed by atoms with Crippen LogP contribution in [0, 0.1) is 11.6 Å². The van der Waals surface area contributed by atoms with Gasteiger partial charge in [-0.05, 0) is 53.6 Å². The number of amides is 2. The van der Waals surface area contributed by atoms with Crippen LogP contribution < -0.4 is 15.6 Å². The summed E-state index contributed by atoms with van der Waals surface area (Å²) in [5, 5.41) is 28.5. The average molecular weight is 460 g/mol. The Morgan fingerprint density at radius 3 is 2.36 bits per heavy atom. The van der Waals surface area contributed by atoms with Crippen LogP contribution in [0.15, 0.2) is 46.8 Å². The van der Waals surface area contributed by atoms with Crippen LogP contribution in [-0.4, -0.2) is 39.6 Å². The predicted octanol–water partition coefficient (Wildman–Crippen LogP) is 3.88. The molecule has 1 saturated carbocycles. The lowest BCUT2D eigenvalue weighted by molar-refractivity contribution is 0.0520. The number of aliphatic hydroxyl groups is 1. The highest BCUT2D eigenvalue weighted by molar-refractivity contribution is 5.98. The maximum Gasteiger partial charge on any atom is 0.350 e. The Balaban J connectivity index is 1.68. The Bertz CT molecular complexity index is 1090. The predicted molar refractivity (Wildman–Crippen MR) is 114 cm³/mol. The summed E-state index contributed by atoms with van der Waals surface area (Å²) in [4.78, 5) is 26.4. The summed E-state index contributed by atoms with van der Waals surface area (Å²) >= 11 is 0. The zero-order valence-corrected chi connectivity index (χ0v) is 17.4. The molecule has 1 atom stereocenters. The first-order chi connectivity index (χ1) is 15.8. The Morgan fingerprint density at radius 1 is 1.06 bits per heavy atom. The number of aromatic carboxylic acids is 1. The SMILES string of the molecule is Nc1ccc(N(C(=O)N2N=NN(c3c(F)cccc3F)C2O)C2CCCCC2)cc1C(=O)O. The number of carboxylic acids is 1. The highest BCUT2D eigenvalue weighted by Gasteiger charge is 2.41. The monoisotopic (exact) mass is 460 g/mol. The van der Waals surface area contributed by atoms with E-state index in [1.165, 1.54) is 23.1 Å². The molecule has 4 rings (SSSR count). The molecule has 1 aliphatic carbocycles. The summed E-state index contributed by atoms with van der Waals surface area (Å²) in [6.45, 7) is 0. The van der Waals surface area contributed by atoms with E-state index in [1.807, 2.05) is 0 Å². The van der Waals surface area contributed by atoms with Gasteiger partial charge in [-0.15, -0.1) is 5.01 Å². The molecule has 0 saturated heterocycles. The van der Waals surface area contributed by atoms with Crippen molar-refractivity contribution >= 4 is 29.1 Å². The van der Waals surface area contributed by atoms with Crippen LogP contribution in [0.5, 0.6) is 0 Å².